The van der Waals surface area contributed by atoms with Crippen molar-refractivity contribution < 1.29 is 4.79 Å². The Kier molecular flexibility index (Phi) is 6.06. The minimum Gasteiger partial charge on any atom is -0.340 e. The Morgan fingerprint density at radius 3 is 2.57 bits per heavy atom. The molecule has 1 saturated heterocycles. The third-order valence-corrected chi connectivity index (χ3v) is 5.11. The van der Waals surface area contributed by atoms with Gasteiger partial charge in [0.25, 0.3) is 5.56 Å². The van der Waals surface area contributed by atoms with Crippen molar-refractivity contribution in [2.75, 3.05) is 13.1 Å². The molecule has 2 heterocycles. The number of aryl methyl sites for hydroxylation is 1. The highest BCUT2D eigenvalue weighted by Gasteiger charge is 2.33. The van der Waals surface area contributed by atoms with Crippen LogP contribution in [0.25, 0.3) is 10.9 Å². The lowest BCUT2D eigenvalue weighted by molar-refractivity contribution is -0.130. The summed E-state index contributed by atoms with van der Waals surface area (Å²) >= 11 is 0. The molecule has 1 aliphatic heterocycles. The first-order chi connectivity index (χ1) is 13.1. The topological polar surface area (TPSA) is 94.1 Å². The molecule has 1 aliphatic rings. The standard InChI is InChI=1S/C20H21N5O2.ClH/c21-17-13-24(12-16(17)14-6-2-1-3-7-14)19(26)10-11-25-20(27)15-8-4-5-9-18(15)22-23-25;/h1-9,16-17H,10-13,21H2;1H/t16-,17+;/m0./s1. The maximum absolute atomic E-state index is 12.6. The molecule has 1 aromatic heterocycles. The van der Waals surface area contributed by atoms with Crippen molar-refractivity contribution >= 4 is 29.2 Å². The molecule has 0 spiro atoms. The van der Waals surface area contributed by atoms with E-state index in [0.29, 0.717) is 24.0 Å². The fraction of sp³-hybridized carbons (Fsp3) is 0.300. The maximum Gasteiger partial charge on any atom is 0.277 e. The van der Waals surface area contributed by atoms with Crippen LogP contribution in [0, 0.1) is 0 Å². The molecule has 7 nitrogen and oxygen atoms in total. The molecule has 0 bridgehead atoms. The molecule has 0 aliphatic carbocycles. The smallest absolute Gasteiger partial charge is 0.277 e. The average molecular weight is 400 g/mol. The van der Waals surface area contributed by atoms with Gasteiger partial charge in [-0.25, -0.2) is 4.68 Å². The van der Waals surface area contributed by atoms with Gasteiger partial charge in [-0.2, -0.15) is 0 Å². The predicted molar refractivity (Wildman–Crippen MR) is 109 cm³/mol. The minimum absolute atomic E-state index is 0. The monoisotopic (exact) mass is 399 g/mol. The minimum atomic E-state index is -0.228. The summed E-state index contributed by atoms with van der Waals surface area (Å²) in [6, 6.07) is 17.0. The largest absolute Gasteiger partial charge is 0.340 e. The van der Waals surface area contributed by atoms with Gasteiger partial charge in [-0.05, 0) is 17.7 Å². The zero-order valence-corrected chi connectivity index (χ0v) is 16.1. The Hall–Kier alpha value is -2.77. The van der Waals surface area contributed by atoms with E-state index in [0.717, 1.165) is 5.56 Å². The predicted octanol–water partition coefficient (Wildman–Crippen LogP) is 1.56. The van der Waals surface area contributed by atoms with E-state index in [1.165, 1.54) is 4.68 Å². The molecule has 4 rings (SSSR count). The van der Waals surface area contributed by atoms with E-state index in [1.54, 1.807) is 23.1 Å². The zero-order chi connectivity index (χ0) is 18.8. The summed E-state index contributed by atoms with van der Waals surface area (Å²) in [6.07, 6.45) is 0.196. The second-order valence-corrected chi connectivity index (χ2v) is 6.86. The number of carbonyl (C=O) groups excluding carboxylic acids is 1. The quantitative estimate of drug-likeness (QED) is 0.718. The highest BCUT2D eigenvalue weighted by molar-refractivity contribution is 5.85. The van der Waals surface area contributed by atoms with Gasteiger partial charge in [0.05, 0.1) is 11.9 Å². The van der Waals surface area contributed by atoms with Gasteiger partial charge in [-0.1, -0.05) is 47.7 Å². The number of likely N-dealkylation sites (tertiary alicyclic amines) is 1. The van der Waals surface area contributed by atoms with Crippen LogP contribution in [0.4, 0.5) is 0 Å². The molecule has 2 N–H and O–H groups in total. The van der Waals surface area contributed by atoms with Crippen LogP contribution in [-0.4, -0.2) is 44.9 Å². The van der Waals surface area contributed by atoms with Gasteiger partial charge in [-0.15, -0.1) is 17.5 Å². The Morgan fingerprint density at radius 2 is 1.79 bits per heavy atom. The first-order valence-electron chi connectivity index (χ1n) is 9.04. The Labute approximate surface area is 168 Å². The van der Waals surface area contributed by atoms with Crippen molar-refractivity contribution in [2.24, 2.45) is 5.73 Å². The number of fused-ring (bicyclic) bond motifs is 1. The van der Waals surface area contributed by atoms with Crippen LogP contribution < -0.4 is 11.3 Å². The molecule has 0 unspecified atom stereocenters. The highest BCUT2D eigenvalue weighted by atomic mass is 35.5. The molecule has 0 radical (unpaired) electrons. The van der Waals surface area contributed by atoms with Crippen LogP contribution in [0.1, 0.15) is 17.9 Å². The second kappa shape index (κ2) is 8.50. The van der Waals surface area contributed by atoms with Crippen LogP contribution in [-0.2, 0) is 11.3 Å². The first-order valence-corrected chi connectivity index (χ1v) is 9.04. The molecule has 8 heteroatoms. The summed E-state index contributed by atoms with van der Waals surface area (Å²) in [4.78, 5) is 26.9. The molecule has 1 amide bonds. The van der Waals surface area contributed by atoms with Gasteiger partial charge in [0, 0.05) is 31.5 Å². The van der Waals surface area contributed by atoms with E-state index >= 15 is 0 Å². The number of halogens is 1. The van der Waals surface area contributed by atoms with Crippen LogP contribution in [0.15, 0.2) is 59.4 Å². The summed E-state index contributed by atoms with van der Waals surface area (Å²) < 4.78 is 1.25. The van der Waals surface area contributed by atoms with Crippen molar-refractivity contribution in [3.63, 3.8) is 0 Å². The summed E-state index contributed by atoms with van der Waals surface area (Å²) in [7, 11) is 0. The number of carbonyl (C=O) groups is 1. The van der Waals surface area contributed by atoms with Crippen molar-refractivity contribution in [2.45, 2.75) is 24.9 Å². The van der Waals surface area contributed by atoms with E-state index in [4.69, 9.17) is 5.73 Å². The molecule has 2 aromatic carbocycles. The van der Waals surface area contributed by atoms with Gasteiger partial charge in [0.1, 0.15) is 5.52 Å². The number of aromatic nitrogens is 3. The normalized spacial score (nSPS) is 18.8. The van der Waals surface area contributed by atoms with Gasteiger partial charge >= 0.3 is 0 Å². The van der Waals surface area contributed by atoms with E-state index in [-0.39, 0.29) is 48.8 Å². The zero-order valence-electron chi connectivity index (χ0n) is 15.3. The van der Waals surface area contributed by atoms with Crippen LogP contribution >= 0.6 is 12.4 Å². The molecule has 3 aromatic rings. The Bertz CT molecular complexity index is 1020. The van der Waals surface area contributed by atoms with Crippen LogP contribution in [0.5, 0.6) is 0 Å². The van der Waals surface area contributed by atoms with E-state index < -0.39 is 0 Å². The fourth-order valence-corrected chi connectivity index (χ4v) is 3.61. The summed E-state index contributed by atoms with van der Waals surface area (Å²) in [5.74, 6) is 0.115. The van der Waals surface area contributed by atoms with Crippen molar-refractivity contribution in [1.82, 2.24) is 19.9 Å². The van der Waals surface area contributed by atoms with Crippen molar-refractivity contribution in [3.8, 4) is 0 Å². The summed E-state index contributed by atoms with van der Waals surface area (Å²) in [5, 5.41) is 8.50. The number of benzene rings is 2. The summed E-state index contributed by atoms with van der Waals surface area (Å²) in [5.41, 5.74) is 7.74. The van der Waals surface area contributed by atoms with E-state index in [2.05, 4.69) is 10.3 Å². The van der Waals surface area contributed by atoms with Crippen molar-refractivity contribution in [3.05, 3.63) is 70.5 Å². The fourth-order valence-electron chi connectivity index (χ4n) is 3.61. The molecule has 146 valence electrons. The molecular weight excluding hydrogens is 378 g/mol. The Balaban J connectivity index is 0.00000225. The maximum atomic E-state index is 12.6. The number of hydrogen-bond acceptors (Lipinski definition) is 5. The third kappa shape index (κ3) is 3.90. The van der Waals surface area contributed by atoms with Crippen molar-refractivity contribution in [1.29, 1.82) is 0 Å². The number of hydrogen-bond donors (Lipinski definition) is 1. The lowest BCUT2D eigenvalue weighted by Gasteiger charge is -2.16. The second-order valence-electron chi connectivity index (χ2n) is 6.86. The molecule has 0 saturated carbocycles. The molecule has 28 heavy (non-hydrogen) atoms. The van der Waals surface area contributed by atoms with Gasteiger partial charge in [0.15, 0.2) is 0 Å². The number of nitrogens with zero attached hydrogens (tertiary/aromatic N) is 4. The Morgan fingerprint density at radius 1 is 1.07 bits per heavy atom. The average Bonchev–Trinajstić information content (AvgIpc) is 3.10. The van der Waals surface area contributed by atoms with Crippen LogP contribution in [0.3, 0.4) is 0 Å². The van der Waals surface area contributed by atoms with E-state index in [9.17, 15) is 9.59 Å². The molecule has 1 fully saturated rings. The lowest BCUT2D eigenvalue weighted by Crippen LogP contribution is -2.34. The summed E-state index contributed by atoms with van der Waals surface area (Å²) in [6.45, 7) is 1.33. The van der Waals surface area contributed by atoms with Gasteiger partial charge in [-0.3, -0.25) is 9.59 Å². The molecular formula is C20H22ClN5O2. The number of amides is 1. The SMILES string of the molecule is Cl.N[C@@H]1CN(C(=O)CCn2nnc3ccccc3c2=O)C[C@H]1c1ccccc1. The third-order valence-electron chi connectivity index (χ3n) is 5.11. The van der Waals surface area contributed by atoms with Gasteiger partial charge < -0.3 is 10.6 Å². The highest BCUT2D eigenvalue weighted by Crippen LogP contribution is 2.26. The van der Waals surface area contributed by atoms with Gasteiger partial charge in [0.2, 0.25) is 5.91 Å². The number of nitrogens with two attached hydrogens (primary N) is 1. The first kappa shape index (κ1) is 20.0. The van der Waals surface area contributed by atoms with Crippen LogP contribution in [0.2, 0.25) is 0 Å². The van der Waals surface area contributed by atoms with E-state index in [1.807, 2.05) is 36.4 Å². The lowest BCUT2D eigenvalue weighted by atomic mass is 9.95. The number of rotatable bonds is 4. The molecule has 2 atom stereocenters.